The minimum absolute atomic E-state index is 0.0324. The van der Waals surface area contributed by atoms with E-state index in [-0.39, 0.29) is 30.1 Å². The largest absolute Gasteiger partial charge is 0.347 e. The molecule has 5 nitrogen and oxygen atoms in total. The van der Waals surface area contributed by atoms with E-state index in [1.807, 2.05) is 48.7 Å². The summed E-state index contributed by atoms with van der Waals surface area (Å²) in [5.41, 5.74) is 1.56. The van der Waals surface area contributed by atoms with Crippen molar-refractivity contribution in [2.45, 2.75) is 46.3 Å². The molecular weight excluding hydrogens is 346 g/mol. The van der Waals surface area contributed by atoms with Crippen molar-refractivity contribution < 1.29 is 4.79 Å². The Morgan fingerprint density at radius 3 is 2.38 bits per heavy atom. The second-order valence-corrected chi connectivity index (χ2v) is 7.79. The summed E-state index contributed by atoms with van der Waals surface area (Å²) >= 11 is 1.64. The summed E-state index contributed by atoms with van der Waals surface area (Å²) in [6.45, 7) is 6.90. The van der Waals surface area contributed by atoms with Crippen molar-refractivity contribution >= 4 is 28.3 Å². The molecule has 3 rings (SSSR count). The first kappa shape index (κ1) is 18.5. The summed E-state index contributed by atoms with van der Waals surface area (Å²) in [5.74, 6) is 0.134. The van der Waals surface area contributed by atoms with Gasteiger partial charge in [-0.3, -0.25) is 13.9 Å². The van der Waals surface area contributed by atoms with E-state index in [0.717, 1.165) is 22.3 Å². The number of aromatic nitrogens is 2. The molecule has 2 heterocycles. The van der Waals surface area contributed by atoms with E-state index in [0.29, 0.717) is 6.54 Å². The molecule has 3 aromatic rings. The maximum absolute atomic E-state index is 12.8. The van der Waals surface area contributed by atoms with Crippen LogP contribution in [0.2, 0.25) is 0 Å². The summed E-state index contributed by atoms with van der Waals surface area (Å²) in [5, 5.41) is 5.12. The number of hydrogen-bond acceptors (Lipinski definition) is 3. The van der Waals surface area contributed by atoms with Crippen LogP contribution in [0.25, 0.3) is 11.0 Å². The second-order valence-electron chi connectivity index (χ2n) is 6.81. The molecule has 0 saturated carbocycles. The maximum Gasteiger partial charge on any atom is 0.329 e. The van der Waals surface area contributed by atoms with E-state index in [9.17, 15) is 9.59 Å². The van der Waals surface area contributed by atoms with Crippen LogP contribution in [-0.4, -0.2) is 15.0 Å². The third kappa shape index (κ3) is 3.60. The van der Waals surface area contributed by atoms with Gasteiger partial charge in [0, 0.05) is 11.4 Å². The average molecular weight is 372 g/mol. The molecule has 0 spiro atoms. The van der Waals surface area contributed by atoms with Crippen molar-refractivity contribution in [1.82, 2.24) is 14.5 Å². The normalized spacial score (nSPS) is 12.6. The van der Waals surface area contributed by atoms with E-state index in [4.69, 9.17) is 0 Å². The van der Waals surface area contributed by atoms with Crippen molar-refractivity contribution in [2.75, 3.05) is 0 Å². The Bertz CT molecular complexity index is 938. The van der Waals surface area contributed by atoms with E-state index >= 15 is 0 Å². The number of aryl methyl sites for hydroxylation is 1. The molecule has 2 aromatic heterocycles. The van der Waals surface area contributed by atoms with Crippen LogP contribution in [-0.2, 0) is 17.9 Å². The lowest BCUT2D eigenvalue weighted by Crippen LogP contribution is -2.36. The Kier molecular flexibility index (Phi) is 5.61. The average Bonchev–Trinajstić information content (AvgIpc) is 3.23. The minimum Gasteiger partial charge on any atom is -0.347 e. The van der Waals surface area contributed by atoms with Crippen molar-refractivity contribution in [1.29, 1.82) is 0 Å². The van der Waals surface area contributed by atoms with Crippen LogP contribution >= 0.6 is 11.3 Å². The highest BCUT2D eigenvalue weighted by Crippen LogP contribution is 2.25. The van der Waals surface area contributed by atoms with E-state index in [1.165, 1.54) is 0 Å². The molecule has 0 fully saturated rings. The molecule has 0 aliphatic carbocycles. The van der Waals surface area contributed by atoms with Crippen molar-refractivity contribution in [3.63, 3.8) is 0 Å². The van der Waals surface area contributed by atoms with Crippen LogP contribution < -0.4 is 11.0 Å². The summed E-state index contributed by atoms with van der Waals surface area (Å²) in [6.07, 6.45) is 0.869. The van der Waals surface area contributed by atoms with E-state index in [2.05, 4.69) is 19.2 Å². The molecule has 1 atom stereocenters. The number of hydrogen-bond donors (Lipinski definition) is 1. The van der Waals surface area contributed by atoms with Crippen molar-refractivity contribution in [3.8, 4) is 0 Å². The topological polar surface area (TPSA) is 56.0 Å². The first-order chi connectivity index (χ1) is 12.5. The van der Waals surface area contributed by atoms with Gasteiger partial charge in [-0.2, -0.15) is 0 Å². The Morgan fingerprint density at radius 2 is 1.81 bits per heavy atom. The molecule has 1 N–H and O–H groups in total. The highest BCUT2D eigenvalue weighted by Gasteiger charge is 2.21. The lowest BCUT2D eigenvalue weighted by Gasteiger charge is -2.21. The van der Waals surface area contributed by atoms with E-state index in [1.54, 1.807) is 20.5 Å². The number of carbonyl (C=O) groups excluding carboxylic acids is 1. The monoisotopic (exact) mass is 371 g/mol. The van der Waals surface area contributed by atoms with Gasteiger partial charge in [-0.15, -0.1) is 11.3 Å². The van der Waals surface area contributed by atoms with Gasteiger partial charge in [-0.1, -0.05) is 39.0 Å². The maximum atomic E-state index is 12.8. The zero-order chi connectivity index (χ0) is 18.7. The molecular formula is C20H25N3O2S. The Labute approximate surface area is 157 Å². The van der Waals surface area contributed by atoms with Gasteiger partial charge >= 0.3 is 5.69 Å². The number of nitrogens with one attached hydrogen (secondary N) is 1. The summed E-state index contributed by atoms with van der Waals surface area (Å²) in [4.78, 5) is 26.7. The van der Waals surface area contributed by atoms with Crippen LogP contribution in [0.3, 0.4) is 0 Å². The summed E-state index contributed by atoms with van der Waals surface area (Å²) in [7, 11) is 0. The lowest BCUT2D eigenvalue weighted by atomic mass is 10.0. The SMILES string of the molecule is CCCn1c(=O)n(CC(=O)NC(c2cccs2)C(C)C)c2ccccc21. The van der Waals surface area contributed by atoms with Crippen LogP contribution in [0.4, 0.5) is 0 Å². The van der Waals surface area contributed by atoms with Gasteiger partial charge < -0.3 is 5.32 Å². The molecule has 1 amide bonds. The fraction of sp³-hybridized carbons (Fsp3) is 0.400. The fourth-order valence-electron chi connectivity index (χ4n) is 3.26. The summed E-state index contributed by atoms with van der Waals surface area (Å²) in [6, 6.07) is 11.6. The predicted octanol–water partition coefficient (Wildman–Crippen LogP) is 3.79. The number of carbonyl (C=O) groups is 1. The molecule has 0 aliphatic heterocycles. The van der Waals surface area contributed by atoms with Crippen LogP contribution in [0, 0.1) is 5.92 Å². The highest BCUT2D eigenvalue weighted by molar-refractivity contribution is 7.10. The molecule has 0 radical (unpaired) electrons. The number of amides is 1. The second kappa shape index (κ2) is 7.91. The van der Waals surface area contributed by atoms with Crippen LogP contribution in [0.1, 0.15) is 38.1 Å². The zero-order valence-corrected chi connectivity index (χ0v) is 16.3. The highest BCUT2D eigenvalue weighted by atomic mass is 32.1. The number of nitrogens with zero attached hydrogens (tertiary/aromatic N) is 2. The van der Waals surface area contributed by atoms with Crippen molar-refractivity contribution in [2.24, 2.45) is 5.92 Å². The Morgan fingerprint density at radius 1 is 1.12 bits per heavy atom. The number of benzene rings is 1. The molecule has 0 saturated heterocycles. The van der Waals surface area contributed by atoms with Crippen molar-refractivity contribution in [3.05, 3.63) is 57.1 Å². The molecule has 6 heteroatoms. The first-order valence-corrected chi connectivity index (χ1v) is 9.91. The van der Waals surface area contributed by atoms with E-state index < -0.39 is 0 Å². The smallest absolute Gasteiger partial charge is 0.329 e. The fourth-order valence-corrected chi connectivity index (χ4v) is 4.21. The number of rotatable bonds is 7. The van der Waals surface area contributed by atoms with Gasteiger partial charge in [0.15, 0.2) is 0 Å². The van der Waals surface area contributed by atoms with Gasteiger partial charge in [0.2, 0.25) is 5.91 Å². The van der Waals surface area contributed by atoms with Crippen LogP contribution in [0.5, 0.6) is 0 Å². The third-order valence-electron chi connectivity index (χ3n) is 4.51. The zero-order valence-electron chi connectivity index (χ0n) is 15.4. The molecule has 0 bridgehead atoms. The minimum atomic E-state index is -0.140. The predicted molar refractivity (Wildman–Crippen MR) is 107 cm³/mol. The first-order valence-electron chi connectivity index (χ1n) is 9.03. The number of fused-ring (bicyclic) bond motifs is 1. The van der Waals surface area contributed by atoms with Crippen LogP contribution in [0.15, 0.2) is 46.6 Å². The lowest BCUT2D eigenvalue weighted by molar-refractivity contribution is -0.122. The molecule has 0 aliphatic rings. The summed E-state index contributed by atoms with van der Waals surface area (Å²) < 4.78 is 3.33. The van der Waals surface area contributed by atoms with Gasteiger partial charge in [0.05, 0.1) is 17.1 Å². The van der Waals surface area contributed by atoms with Gasteiger partial charge in [0.25, 0.3) is 0 Å². The van der Waals surface area contributed by atoms with Gasteiger partial charge in [-0.05, 0) is 35.9 Å². The Hall–Kier alpha value is -2.34. The molecule has 1 aromatic carbocycles. The Balaban J connectivity index is 1.88. The standard InChI is InChI=1S/C20H25N3O2S/c1-4-11-22-15-8-5-6-9-16(15)23(20(22)25)13-18(24)21-19(14(2)3)17-10-7-12-26-17/h5-10,12,14,19H,4,11,13H2,1-3H3,(H,21,24). The molecule has 138 valence electrons. The number of thiophene rings is 1. The quantitative estimate of drug-likeness (QED) is 0.687. The van der Waals surface area contributed by atoms with Gasteiger partial charge in [-0.25, -0.2) is 4.79 Å². The number of para-hydroxylation sites is 2. The van der Waals surface area contributed by atoms with Gasteiger partial charge in [0.1, 0.15) is 6.54 Å². The third-order valence-corrected chi connectivity index (χ3v) is 5.46. The molecule has 1 unspecified atom stereocenters. The number of imidazole rings is 1. The molecule has 26 heavy (non-hydrogen) atoms.